The van der Waals surface area contributed by atoms with Gasteiger partial charge in [-0.05, 0) is 32.1 Å². The van der Waals surface area contributed by atoms with Crippen LogP contribution < -0.4 is 10.2 Å². The number of thioether (sulfide) groups is 1. The van der Waals surface area contributed by atoms with Crippen LogP contribution in [0.4, 0.5) is 11.9 Å². The van der Waals surface area contributed by atoms with Crippen LogP contribution in [-0.4, -0.2) is 52.1 Å². The first kappa shape index (κ1) is 16.3. The molecule has 7 heteroatoms. The van der Waals surface area contributed by atoms with Crippen molar-refractivity contribution < 1.29 is 5.11 Å². The monoisotopic (exact) mass is 311 g/mol. The molecule has 1 fully saturated rings. The van der Waals surface area contributed by atoms with E-state index in [0.29, 0.717) is 5.95 Å². The van der Waals surface area contributed by atoms with Crippen LogP contribution in [0.2, 0.25) is 0 Å². The molecule has 1 atom stereocenters. The van der Waals surface area contributed by atoms with Crippen molar-refractivity contribution in [2.45, 2.75) is 38.3 Å². The minimum absolute atomic E-state index is 0.192. The minimum atomic E-state index is 0.192. The summed E-state index contributed by atoms with van der Waals surface area (Å²) in [5.41, 5.74) is 0. The van der Waals surface area contributed by atoms with Crippen molar-refractivity contribution in [3.05, 3.63) is 0 Å². The summed E-state index contributed by atoms with van der Waals surface area (Å²) in [6.45, 7) is 7.08. The summed E-state index contributed by atoms with van der Waals surface area (Å²) in [5, 5.41) is 13.0. The molecule has 0 spiro atoms. The molecule has 1 saturated heterocycles. The van der Waals surface area contributed by atoms with Crippen LogP contribution in [0.15, 0.2) is 5.16 Å². The molecule has 0 radical (unpaired) electrons. The third-order valence-corrected chi connectivity index (χ3v) is 4.56. The molecule has 1 aromatic rings. The normalized spacial score (nSPS) is 16.8. The van der Waals surface area contributed by atoms with Gasteiger partial charge in [0.15, 0.2) is 5.16 Å². The van der Waals surface area contributed by atoms with E-state index in [2.05, 4.69) is 25.2 Å². The van der Waals surface area contributed by atoms with Crippen molar-refractivity contribution in [2.75, 3.05) is 42.2 Å². The van der Waals surface area contributed by atoms with E-state index in [-0.39, 0.29) is 12.5 Å². The Morgan fingerprint density at radius 2 is 2.00 bits per heavy atom. The number of nitrogens with one attached hydrogen (secondary N) is 1. The van der Waals surface area contributed by atoms with Crippen LogP contribution in [0.3, 0.4) is 0 Å². The van der Waals surface area contributed by atoms with Crippen LogP contribution in [0.25, 0.3) is 0 Å². The van der Waals surface area contributed by atoms with E-state index in [1.165, 1.54) is 19.3 Å². The molecule has 0 aliphatic carbocycles. The Kier molecular flexibility index (Phi) is 6.50. The zero-order valence-electron chi connectivity index (χ0n) is 12.9. The molecule has 0 saturated carbocycles. The van der Waals surface area contributed by atoms with E-state index in [9.17, 15) is 0 Å². The number of nitrogens with zero attached hydrogens (tertiary/aromatic N) is 4. The lowest BCUT2D eigenvalue weighted by atomic mass is 10.1. The highest BCUT2D eigenvalue weighted by Crippen LogP contribution is 2.22. The third-order valence-electron chi connectivity index (χ3n) is 3.39. The number of aliphatic hydroxyl groups is 1. The van der Waals surface area contributed by atoms with E-state index in [1.807, 2.05) is 13.8 Å². The van der Waals surface area contributed by atoms with Crippen molar-refractivity contribution in [2.24, 2.45) is 5.92 Å². The Bertz CT molecular complexity index is 439. The molecule has 0 amide bonds. The first-order valence-corrected chi connectivity index (χ1v) is 8.70. The van der Waals surface area contributed by atoms with Gasteiger partial charge in [0.1, 0.15) is 0 Å². The van der Waals surface area contributed by atoms with Crippen molar-refractivity contribution in [3.63, 3.8) is 0 Å². The lowest BCUT2D eigenvalue weighted by Gasteiger charge is -2.27. The Labute approximate surface area is 130 Å². The summed E-state index contributed by atoms with van der Waals surface area (Å²) in [4.78, 5) is 15.8. The minimum Gasteiger partial charge on any atom is -0.396 e. The van der Waals surface area contributed by atoms with Crippen LogP contribution in [0.5, 0.6) is 0 Å². The molecule has 118 valence electrons. The van der Waals surface area contributed by atoms with Crippen molar-refractivity contribution in [1.29, 1.82) is 0 Å². The number of aliphatic hydroxyl groups excluding tert-OH is 1. The summed E-state index contributed by atoms with van der Waals surface area (Å²) in [6, 6.07) is 0. The van der Waals surface area contributed by atoms with Gasteiger partial charge < -0.3 is 15.3 Å². The smallest absolute Gasteiger partial charge is 0.231 e. The van der Waals surface area contributed by atoms with Crippen molar-refractivity contribution in [3.8, 4) is 0 Å². The summed E-state index contributed by atoms with van der Waals surface area (Å²) < 4.78 is 0. The second kappa shape index (κ2) is 8.38. The predicted octanol–water partition coefficient (Wildman–Crippen LogP) is 2.01. The summed E-state index contributed by atoms with van der Waals surface area (Å²) >= 11 is 1.58. The summed E-state index contributed by atoms with van der Waals surface area (Å²) in [5.74, 6) is 2.48. The maximum absolute atomic E-state index is 9.12. The SMILES string of the molecule is CCNc1nc(SCC(C)CO)nc(N2CCCCC2)n1. The largest absolute Gasteiger partial charge is 0.396 e. The van der Waals surface area contributed by atoms with Gasteiger partial charge in [0.05, 0.1) is 0 Å². The summed E-state index contributed by atoms with van der Waals surface area (Å²) in [6.07, 6.45) is 3.69. The second-order valence-electron chi connectivity index (χ2n) is 5.42. The molecular weight excluding hydrogens is 286 g/mol. The quantitative estimate of drug-likeness (QED) is 0.746. The van der Waals surface area contributed by atoms with E-state index in [0.717, 1.165) is 36.5 Å². The third kappa shape index (κ3) is 5.00. The van der Waals surface area contributed by atoms with Gasteiger partial charge in [-0.25, -0.2) is 0 Å². The van der Waals surface area contributed by atoms with E-state index in [1.54, 1.807) is 11.8 Å². The van der Waals surface area contributed by atoms with Crippen LogP contribution >= 0.6 is 11.8 Å². The molecule has 21 heavy (non-hydrogen) atoms. The molecule has 0 bridgehead atoms. The van der Waals surface area contributed by atoms with Crippen LogP contribution in [-0.2, 0) is 0 Å². The van der Waals surface area contributed by atoms with Gasteiger partial charge in [-0.2, -0.15) is 15.0 Å². The van der Waals surface area contributed by atoms with Gasteiger partial charge in [-0.1, -0.05) is 18.7 Å². The zero-order chi connectivity index (χ0) is 15.1. The maximum Gasteiger partial charge on any atom is 0.231 e. The molecule has 2 rings (SSSR count). The van der Waals surface area contributed by atoms with Gasteiger partial charge in [0.25, 0.3) is 0 Å². The Morgan fingerprint density at radius 3 is 2.67 bits per heavy atom. The fraction of sp³-hybridized carbons (Fsp3) is 0.786. The number of anilines is 2. The van der Waals surface area contributed by atoms with Gasteiger partial charge in [0, 0.05) is 32.0 Å². The molecule has 6 nitrogen and oxygen atoms in total. The highest BCUT2D eigenvalue weighted by Gasteiger charge is 2.16. The van der Waals surface area contributed by atoms with Crippen LogP contribution in [0, 0.1) is 5.92 Å². The molecule has 1 unspecified atom stereocenters. The molecule has 2 N–H and O–H groups in total. The number of hydrogen-bond acceptors (Lipinski definition) is 7. The van der Waals surface area contributed by atoms with Gasteiger partial charge in [-0.3, -0.25) is 0 Å². The molecule has 0 aromatic carbocycles. The average Bonchev–Trinajstić information content (AvgIpc) is 2.53. The topological polar surface area (TPSA) is 74.2 Å². The molecular formula is C14H25N5OS. The number of rotatable bonds is 7. The lowest BCUT2D eigenvalue weighted by molar-refractivity contribution is 0.250. The molecule has 1 aromatic heterocycles. The zero-order valence-corrected chi connectivity index (χ0v) is 13.7. The number of aromatic nitrogens is 3. The first-order chi connectivity index (χ1) is 10.2. The Balaban J connectivity index is 2.12. The molecule has 2 heterocycles. The van der Waals surface area contributed by atoms with Crippen molar-refractivity contribution >= 4 is 23.7 Å². The van der Waals surface area contributed by atoms with Gasteiger partial charge in [0.2, 0.25) is 11.9 Å². The second-order valence-corrected chi connectivity index (χ2v) is 6.41. The first-order valence-electron chi connectivity index (χ1n) is 7.71. The van der Waals surface area contributed by atoms with Gasteiger partial charge in [-0.15, -0.1) is 0 Å². The fourth-order valence-electron chi connectivity index (χ4n) is 2.15. The highest BCUT2D eigenvalue weighted by molar-refractivity contribution is 7.99. The Hall–Kier alpha value is -1.08. The number of hydrogen-bond donors (Lipinski definition) is 2. The standard InChI is InChI=1S/C14H25N5OS/c1-3-15-12-16-13(19-7-5-4-6-8-19)18-14(17-12)21-10-11(2)9-20/h11,20H,3-10H2,1-2H3,(H,15,16,17,18). The Morgan fingerprint density at radius 1 is 1.24 bits per heavy atom. The predicted molar refractivity (Wildman–Crippen MR) is 87.0 cm³/mol. The fourth-order valence-corrected chi connectivity index (χ4v) is 2.99. The van der Waals surface area contributed by atoms with Crippen LogP contribution in [0.1, 0.15) is 33.1 Å². The highest BCUT2D eigenvalue weighted by atomic mass is 32.2. The average molecular weight is 311 g/mol. The molecule has 1 aliphatic heterocycles. The molecule has 1 aliphatic rings. The summed E-state index contributed by atoms with van der Waals surface area (Å²) in [7, 11) is 0. The number of piperidine rings is 1. The maximum atomic E-state index is 9.12. The van der Waals surface area contributed by atoms with Crippen molar-refractivity contribution in [1.82, 2.24) is 15.0 Å². The van der Waals surface area contributed by atoms with E-state index in [4.69, 9.17) is 5.11 Å². The lowest BCUT2D eigenvalue weighted by Crippen LogP contribution is -2.31. The van der Waals surface area contributed by atoms with E-state index < -0.39 is 0 Å². The van der Waals surface area contributed by atoms with E-state index >= 15 is 0 Å². The van der Waals surface area contributed by atoms with Gasteiger partial charge >= 0.3 is 0 Å².